The highest BCUT2D eigenvalue weighted by atomic mass is 35.5. The quantitative estimate of drug-likeness (QED) is 0.627. The first kappa shape index (κ1) is 21.6. The molecule has 31 heavy (non-hydrogen) atoms. The van der Waals surface area contributed by atoms with Gasteiger partial charge in [-0.15, -0.1) is 0 Å². The minimum absolute atomic E-state index is 0.177. The zero-order valence-electron chi connectivity index (χ0n) is 18.0. The Hall–Kier alpha value is -2.67. The Labute approximate surface area is 187 Å². The number of anilines is 1. The third-order valence-corrected chi connectivity index (χ3v) is 5.48. The molecule has 1 aromatic heterocycles. The van der Waals surface area contributed by atoms with E-state index in [1.807, 2.05) is 55.5 Å². The average Bonchev–Trinajstić information content (AvgIpc) is 3.08. The van der Waals surface area contributed by atoms with Crippen LogP contribution >= 0.6 is 11.6 Å². The summed E-state index contributed by atoms with van der Waals surface area (Å²) < 4.78 is 7.49. The normalized spacial score (nSPS) is 19.4. The van der Waals surface area contributed by atoms with Gasteiger partial charge in [0.25, 0.3) is 5.91 Å². The summed E-state index contributed by atoms with van der Waals surface area (Å²) in [6.07, 6.45) is 0.475. The first-order chi connectivity index (χ1) is 14.9. The second kappa shape index (κ2) is 9.22. The first-order valence-electron chi connectivity index (χ1n) is 10.5. The van der Waals surface area contributed by atoms with Gasteiger partial charge in [0.2, 0.25) is 0 Å². The number of nitrogens with zero attached hydrogens (tertiary/aromatic N) is 3. The Morgan fingerprint density at radius 3 is 2.52 bits per heavy atom. The van der Waals surface area contributed by atoms with Crippen molar-refractivity contribution in [2.75, 3.05) is 18.4 Å². The molecule has 2 heterocycles. The molecule has 1 fully saturated rings. The van der Waals surface area contributed by atoms with Crippen molar-refractivity contribution >= 4 is 23.3 Å². The van der Waals surface area contributed by atoms with E-state index < -0.39 is 0 Å². The molecule has 0 saturated carbocycles. The molecule has 7 heteroatoms. The van der Waals surface area contributed by atoms with Crippen LogP contribution in [0.25, 0.3) is 5.69 Å². The summed E-state index contributed by atoms with van der Waals surface area (Å²) in [5.41, 5.74) is 3.38. The van der Waals surface area contributed by atoms with E-state index in [2.05, 4.69) is 29.2 Å². The van der Waals surface area contributed by atoms with Crippen LogP contribution in [0, 0.1) is 6.92 Å². The molecule has 6 nitrogen and oxygen atoms in total. The van der Waals surface area contributed by atoms with E-state index >= 15 is 0 Å². The van der Waals surface area contributed by atoms with Gasteiger partial charge in [-0.25, -0.2) is 4.68 Å². The lowest BCUT2D eigenvalue weighted by atomic mass is 10.1. The molecule has 0 bridgehead atoms. The Kier molecular flexibility index (Phi) is 6.41. The topological polar surface area (TPSA) is 59.4 Å². The largest absolute Gasteiger partial charge is 0.373 e. The molecule has 0 spiro atoms. The van der Waals surface area contributed by atoms with E-state index in [4.69, 9.17) is 16.3 Å². The van der Waals surface area contributed by atoms with E-state index in [-0.39, 0.29) is 18.1 Å². The van der Waals surface area contributed by atoms with Gasteiger partial charge in [0.1, 0.15) is 5.82 Å². The molecule has 1 N–H and O–H groups in total. The maximum atomic E-state index is 12.9. The van der Waals surface area contributed by atoms with Crippen LogP contribution in [0.3, 0.4) is 0 Å². The summed E-state index contributed by atoms with van der Waals surface area (Å²) in [7, 11) is 0. The third kappa shape index (κ3) is 5.34. The van der Waals surface area contributed by atoms with Crippen molar-refractivity contribution in [3.05, 3.63) is 76.4 Å². The van der Waals surface area contributed by atoms with Crippen LogP contribution in [-0.2, 0) is 11.3 Å². The number of carbonyl (C=O) groups is 1. The van der Waals surface area contributed by atoms with Crippen LogP contribution in [0.5, 0.6) is 0 Å². The predicted molar refractivity (Wildman–Crippen MR) is 123 cm³/mol. The number of rotatable bonds is 5. The van der Waals surface area contributed by atoms with Gasteiger partial charge in [-0.2, -0.15) is 5.10 Å². The standard InChI is InChI=1S/C24H27ClN4O2/c1-16-11-23(29(27-16)22-6-4-5-21(25)12-22)26-24(30)20-9-7-19(8-10-20)15-28-13-17(2)31-18(3)14-28/h4-12,17-18H,13-15H2,1-3H3,(H,26,30). The number of carbonyl (C=O) groups excluding carboxylic acids is 1. The van der Waals surface area contributed by atoms with E-state index in [9.17, 15) is 4.79 Å². The van der Waals surface area contributed by atoms with Crippen molar-refractivity contribution in [3.63, 3.8) is 0 Å². The van der Waals surface area contributed by atoms with E-state index in [1.54, 1.807) is 10.7 Å². The van der Waals surface area contributed by atoms with Crippen LogP contribution in [-0.4, -0.2) is 45.9 Å². The molecule has 162 valence electrons. The number of amides is 1. The van der Waals surface area contributed by atoms with Crippen LogP contribution < -0.4 is 5.32 Å². The number of aryl methyl sites for hydroxylation is 1. The molecule has 0 aliphatic carbocycles. The molecule has 3 aromatic rings. The number of ether oxygens (including phenoxy) is 1. The van der Waals surface area contributed by atoms with Crippen molar-refractivity contribution < 1.29 is 9.53 Å². The SMILES string of the molecule is Cc1cc(NC(=O)c2ccc(CN3CC(C)OC(C)C3)cc2)n(-c2cccc(Cl)c2)n1. The van der Waals surface area contributed by atoms with Gasteiger partial charge in [0.15, 0.2) is 0 Å². The zero-order valence-corrected chi connectivity index (χ0v) is 18.8. The second-order valence-electron chi connectivity index (χ2n) is 8.17. The molecule has 0 radical (unpaired) electrons. The van der Waals surface area contributed by atoms with Crippen LogP contribution in [0.15, 0.2) is 54.6 Å². The maximum absolute atomic E-state index is 12.9. The van der Waals surface area contributed by atoms with Gasteiger partial charge < -0.3 is 10.1 Å². The monoisotopic (exact) mass is 438 g/mol. The fourth-order valence-electron chi connectivity index (χ4n) is 4.01. The fraction of sp³-hybridized carbons (Fsp3) is 0.333. The molecule has 1 aliphatic heterocycles. The lowest BCUT2D eigenvalue weighted by Gasteiger charge is -2.35. The summed E-state index contributed by atoms with van der Waals surface area (Å²) in [5, 5.41) is 8.07. The molecule has 2 aromatic carbocycles. The Morgan fingerprint density at radius 1 is 1.13 bits per heavy atom. The number of hydrogen-bond donors (Lipinski definition) is 1. The summed E-state index contributed by atoms with van der Waals surface area (Å²) in [5.74, 6) is 0.425. The molecule has 1 saturated heterocycles. The van der Waals surface area contributed by atoms with Gasteiger partial charge in [-0.05, 0) is 56.7 Å². The summed E-state index contributed by atoms with van der Waals surface area (Å²) in [6.45, 7) is 8.77. The smallest absolute Gasteiger partial charge is 0.256 e. The van der Waals surface area contributed by atoms with E-state index in [0.717, 1.165) is 31.0 Å². The molecule has 1 amide bonds. The molecule has 2 unspecified atom stereocenters. The Balaban J connectivity index is 1.45. The summed E-state index contributed by atoms with van der Waals surface area (Å²) in [6, 6.07) is 17.0. The van der Waals surface area contributed by atoms with Crippen molar-refractivity contribution in [2.45, 2.75) is 39.5 Å². The number of halogens is 1. The summed E-state index contributed by atoms with van der Waals surface area (Å²) in [4.78, 5) is 15.2. The molecule has 1 aliphatic rings. The number of benzene rings is 2. The lowest BCUT2D eigenvalue weighted by Crippen LogP contribution is -2.44. The van der Waals surface area contributed by atoms with E-state index in [0.29, 0.717) is 16.4 Å². The molecule has 2 atom stereocenters. The van der Waals surface area contributed by atoms with Crippen molar-refractivity contribution in [1.82, 2.24) is 14.7 Å². The molecule has 4 rings (SSSR count). The van der Waals surface area contributed by atoms with Crippen LogP contribution in [0.1, 0.15) is 35.5 Å². The third-order valence-electron chi connectivity index (χ3n) is 5.24. The highest BCUT2D eigenvalue weighted by Crippen LogP contribution is 2.21. The number of morpholine rings is 1. The average molecular weight is 439 g/mol. The van der Waals surface area contributed by atoms with E-state index in [1.165, 1.54) is 5.56 Å². The van der Waals surface area contributed by atoms with Gasteiger partial charge in [-0.1, -0.05) is 29.8 Å². The molecular formula is C24H27ClN4O2. The van der Waals surface area contributed by atoms with Crippen molar-refractivity contribution in [3.8, 4) is 5.69 Å². The first-order valence-corrected chi connectivity index (χ1v) is 10.9. The van der Waals surface area contributed by atoms with Crippen LogP contribution in [0.2, 0.25) is 5.02 Å². The Bertz CT molecular complexity index is 1050. The number of hydrogen-bond acceptors (Lipinski definition) is 4. The lowest BCUT2D eigenvalue weighted by molar-refractivity contribution is -0.0704. The Morgan fingerprint density at radius 2 is 1.84 bits per heavy atom. The minimum Gasteiger partial charge on any atom is -0.373 e. The predicted octanol–water partition coefficient (Wildman–Crippen LogP) is 4.70. The summed E-state index contributed by atoms with van der Waals surface area (Å²) >= 11 is 6.12. The molecular weight excluding hydrogens is 412 g/mol. The van der Waals surface area contributed by atoms with Gasteiger partial charge in [0.05, 0.1) is 23.6 Å². The maximum Gasteiger partial charge on any atom is 0.256 e. The zero-order chi connectivity index (χ0) is 22.0. The van der Waals surface area contributed by atoms with Gasteiger partial charge in [0, 0.05) is 36.3 Å². The second-order valence-corrected chi connectivity index (χ2v) is 8.60. The van der Waals surface area contributed by atoms with Crippen molar-refractivity contribution in [2.24, 2.45) is 0 Å². The van der Waals surface area contributed by atoms with Crippen molar-refractivity contribution in [1.29, 1.82) is 0 Å². The number of aromatic nitrogens is 2. The fourth-order valence-corrected chi connectivity index (χ4v) is 4.20. The highest BCUT2D eigenvalue weighted by Gasteiger charge is 2.22. The highest BCUT2D eigenvalue weighted by molar-refractivity contribution is 6.30. The number of nitrogens with one attached hydrogen (secondary N) is 1. The van der Waals surface area contributed by atoms with Crippen LogP contribution in [0.4, 0.5) is 5.82 Å². The van der Waals surface area contributed by atoms with Gasteiger partial charge >= 0.3 is 0 Å². The van der Waals surface area contributed by atoms with Gasteiger partial charge in [-0.3, -0.25) is 9.69 Å². The minimum atomic E-state index is -0.177.